The average molecular weight is 210 g/mol. The van der Waals surface area contributed by atoms with Crippen molar-refractivity contribution in [2.24, 2.45) is 0 Å². The van der Waals surface area contributed by atoms with Gasteiger partial charge in [-0.3, -0.25) is 0 Å². The lowest BCUT2D eigenvalue weighted by molar-refractivity contribution is 0.563. The van der Waals surface area contributed by atoms with Crippen molar-refractivity contribution < 1.29 is 0 Å². The summed E-state index contributed by atoms with van der Waals surface area (Å²) in [5.74, 6) is 0.491. The molecule has 1 aromatic heterocycles. The molecule has 0 bridgehead atoms. The first-order valence-electron chi connectivity index (χ1n) is 4.34. The van der Waals surface area contributed by atoms with Crippen molar-refractivity contribution in [3.63, 3.8) is 0 Å². The first-order chi connectivity index (χ1) is 6.43. The molecule has 0 radical (unpaired) electrons. The zero-order valence-electron chi connectivity index (χ0n) is 8.50. The van der Waals surface area contributed by atoms with Gasteiger partial charge in [0.25, 0.3) is 0 Å². The van der Waals surface area contributed by atoms with E-state index in [9.17, 15) is 0 Å². The van der Waals surface area contributed by atoms with E-state index in [1.165, 1.54) is 0 Å². The van der Waals surface area contributed by atoms with Crippen molar-refractivity contribution in [1.29, 1.82) is 5.26 Å². The Bertz CT molecular complexity index is 374. The van der Waals surface area contributed by atoms with Crippen molar-refractivity contribution >= 4 is 11.6 Å². The lowest BCUT2D eigenvalue weighted by Crippen LogP contribution is -2.15. The number of aromatic nitrogens is 2. The Hall–Kier alpha value is -1.14. The summed E-state index contributed by atoms with van der Waals surface area (Å²) in [6.45, 7) is 6.13. The number of halogens is 1. The molecule has 0 saturated heterocycles. The Morgan fingerprint density at radius 2 is 2.07 bits per heavy atom. The summed E-state index contributed by atoms with van der Waals surface area (Å²) in [5, 5.41) is 8.93. The fraction of sp³-hybridized carbons (Fsp3) is 0.500. The van der Waals surface area contributed by atoms with E-state index < -0.39 is 0 Å². The maximum atomic E-state index is 8.53. The van der Waals surface area contributed by atoms with Gasteiger partial charge in [-0.25, -0.2) is 9.97 Å². The quantitative estimate of drug-likeness (QED) is 0.668. The highest BCUT2D eigenvalue weighted by molar-refractivity contribution is 6.29. The van der Waals surface area contributed by atoms with Crippen LogP contribution in [0.1, 0.15) is 32.3 Å². The zero-order chi connectivity index (χ0) is 10.8. The highest BCUT2D eigenvalue weighted by atomic mass is 35.5. The van der Waals surface area contributed by atoms with E-state index in [2.05, 4.69) is 9.97 Å². The van der Waals surface area contributed by atoms with E-state index in [1.54, 1.807) is 6.07 Å². The van der Waals surface area contributed by atoms with Gasteiger partial charge in [0.15, 0.2) is 0 Å². The Morgan fingerprint density at radius 1 is 1.43 bits per heavy atom. The molecule has 1 heterocycles. The normalized spacial score (nSPS) is 11.1. The SMILES string of the molecule is CC(C)(C)c1cc(Cl)nc(CC#N)n1. The third kappa shape index (κ3) is 2.68. The second kappa shape index (κ2) is 3.93. The first kappa shape index (κ1) is 10.9. The topological polar surface area (TPSA) is 49.6 Å². The number of nitrogens with zero attached hydrogens (tertiary/aromatic N) is 3. The molecule has 3 nitrogen and oxygen atoms in total. The summed E-state index contributed by atoms with van der Waals surface area (Å²) in [7, 11) is 0. The molecule has 74 valence electrons. The second-order valence-electron chi connectivity index (χ2n) is 4.08. The molecule has 0 fully saturated rings. The largest absolute Gasteiger partial charge is 0.236 e. The molecule has 1 rings (SSSR count). The highest BCUT2D eigenvalue weighted by Gasteiger charge is 2.17. The number of hydrogen-bond acceptors (Lipinski definition) is 3. The van der Waals surface area contributed by atoms with Crippen LogP contribution >= 0.6 is 11.6 Å². The fourth-order valence-corrected chi connectivity index (χ4v) is 1.20. The van der Waals surface area contributed by atoms with Gasteiger partial charge in [0.2, 0.25) is 0 Å². The molecule has 0 aliphatic carbocycles. The lowest BCUT2D eigenvalue weighted by atomic mass is 9.92. The zero-order valence-corrected chi connectivity index (χ0v) is 9.26. The minimum Gasteiger partial charge on any atom is -0.236 e. The smallest absolute Gasteiger partial charge is 0.144 e. The molecule has 14 heavy (non-hydrogen) atoms. The third-order valence-corrected chi connectivity index (χ3v) is 1.94. The molecule has 1 aromatic rings. The van der Waals surface area contributed by atoms with Crippen LogP contribution in [-0.4, -0.2) is 9.97 Å². The maximum absolute atomic E-state index is 8.53. The van der Waals surface area contributed by atoms with Crippen LogP contribution in [-0.2, 0) is 11.8 Å². The maximum Gasteiger partial charge on any atom is 0.144 e. The van der Waals surface area contributed by atoms with Crippen molar-refractivity contribution in [2.75, 3.05) is 0 Å². The predicted octanol–water partition coefficient (Wildman–Crippen LogP) is 2.49. The minimum atomic E-state index is -0.0726. The van der Waals surface area contributed by atoms with Crippen LogP contribution in [0, 0.1) is 11.3 Å². The molecular formula is C10H12ClN3. The summed E-state index contributed by atoms with van der Waals surface area (Å²) in [6, 6.07) is 3.74. The number of rotatable bonds is 1. The Kier molecular flexibility index (Phi) is 3.07. The van der Waals surface area contributed by atoms with E-state index in [0.717, 1.165) is 5.69 Å². The summed E-state index contributed by atoms with van der Waals surface area (Å²) >= 11 is 5.83. The first-order valence-corrected chi connectivity index (χ1v) is 4.72. The van der Waals surface area contributed by atoms with Gasteiger partial charge in [-0.1, -0.05) is 32.4 Å². The summed E-state index contributed by atoms with van der Waals surface area (Å²) in [6.07, 6.45) is 0.198. The van der Waals surface area contributed by atoms with Gasteiger partial charge in [0.05, 0.1) is 18.2 Å². The summed E-state index contributed by atoms with van der Waals surface area (Å²) in [4.78, 5) is 8.25. The summed E-state index contributed by atoms with van der Waals surface area (Å²) < 4.78 is 0. The molecule has 0 amide bonds. The van der Waals surface area contributed by atoms with Crippen molar-refractivity contribution in [3.8, 4) is 6.07 Å². The van der Waals surface area contributed by atoms with Gasteiger partial charge < -0.3 is 0 Å². The van der Waals surface area contributed by atoms with Gasteiger partial charge in [-0.05, 0) is 6.07 Å². The standard InChI is InChI=1S/C10H12ClN3/c1-10(2,3)7-6-8(11)14-9(13-7)4-5-12/h6H,4H2,1-3H3. The van der Waals surface area contributed by atoms with E-state index in [1.807, 2.05) is 26.8 Å². The fourth-order valence-electron chi connectivity index (χ4n) is 0.999. The monoisotopic (exact) mass is 209 g/mol. The molecular weight excluding hydrogens is 198 g/mol. The second-order valence-corrected chi connectivity index (χ2v) is 4.46. The van der Waals surface area contributed by atoms with E-state index in [0.29, 0.717) is 11.0 Å². The summed E-state index contributed by atoms with van der Waals surface area (Å²) in [5.41, 5.74) is 0.791. The van der Waals surface area contributed by atoms with Crippen molar-refractivity contribution in [2.45, 2.75) is 32.6 Å². The Labute approximate surface area is 88.8 Å². The molecule has 0 aromatic carbocycles. The third-order valence-electron chi connectivity index (χ3n) is 1.75. The highest BCUT2D eigenvalue weighted by Crippen LogP contribution is 2.22. The van der Waals surface area contributed by atoms with E-state index >= 15 is 0 Å². The molecule has 0 unspecified atom stereocenters. The number of hydrogen-bond donors (Lipinski definition) is 0. The molecule has 0 aliphatic heterocycles. The molecule has 0 spiro atoms. The molecule has 0 saturated carbocycles. The van der Waals surface area contributed by atoms with Crippen LogP contribution in [0.3, 0.4) is 0 Å². The van der Waals surface area contributed by atoms with Crippen LogP contribution in [0.25, 0.3) is 0 Å². The van der Waals surface area contributed by atoms with Crippen LogP contribution in [0.4, 0.5) is 0 Å². The van der Waals surface area contributed by atoms with Crippen LogP contribution < -0.4 is 0 Å². The van der Waals surface area contributed by atoms with Crippen molar-refractivity contribution in [1.82, 2.24) is 9.97 Å². The van der Waals surface area contributed by atoms with Crippen molar-refractivity contribution in [3.05, 3.63) is 22.7 Å². The Balaban J connectivity index is 3.15. The van der Waals surface area contributed by atoms with E-state index in [-0.39, 0.29) is 11.8 Å². The van der Waals surface area contributed by atoms with Gasteiger partial charge >= 0.3 is 0 Å². The average Bonchev–Trinajstić information content (AvgIpc) is 2.02. The molecule has 0 aliphatic rings. The van der Waals surface area contributed by atoms with Gasteiger partial charge in [0, 0.05) is 5.41 Å². The molecule has 0 N–H and O–H groups in total. The number of nitriles is 1. The van der Waals surface area contributed by atoms with Crippen LogP contribution in [0.15, 0.2) is 6.07 Å². The lowest BCUT2D eigenvalue weighted by Gasteiger charge is -2.17. The van der Waals surface area contributed by atoms with Gasteiger partial charge in [0.1, 0.15) is 11.0 Å². The molecule has 0 atom stereocenters. The van der Waals surface area contributed by atoms with Gasteiger partial charge in [-0.15, -0.1) is 0 Å². The van der Waals surface area contributed by atoms with Crippen LogP contribution in [0.2, 0.25) is 5.15 Å². The molecule has 4 heteroatoms. The van der Waals surface area contributed by atoms with Gasteiger partial charge in [-0.2, -0.15) is 5.26 Å². The minimum absolute atomic E-state index is 0.0726. The van der Waals surface area contributed by atoms with Crippen LogP contribution in [0.5, 0.6) is 0 Å². The Morgan fingerprint density at radius 3 is 2.57 bits per heavy atom. The predicted molar refractivity (Wildman–Crippen MR) is 55.1 cm³/mol. The van der Waals surface area contributed by atoms with E-state index in [4.69, 9.17) is 16.9 Å².